The van der Waals surface area contributed by atoms with E-state index in [0.717, 1.165) is 6.04 Å². The summed E-state index contributed by atoms with van der Waals surface area (Å²) in [5.41, 5.74) is 0.281. The lowest BCUT2D eigenvalue weighted by molar-refractivity contribution is 0.252. The number of nitrogens with one attached hydrogen (secondary N) is 1. The molecule has 0 radical (unpaired) electrons. The van der Waals surface area contributed by atoms with E-state index < -0.39 is 0 Å². The van der Waals surface area contributed by atoms with Crippen LogP contribution < -0.4 is 5.32 Å². The lowest BCUT2D eigenvalue weighted by atomic mass is 10.1. The molecule has 2 heteroatoms. The molecule has 2 nitrogen and oxygen atoms in total. The number of rotatable bonds is 11. The van der Waals surface area contributed by atoms with Gasteiger partial charge in [0.2, 0.25) is 0 Å². The Labute approximate surface area is 121 Å². The van der Waals surface area contributed by atoms with Crippen molar-refractivity contribution in [1.29, 1.82) is 0 Å². The van der Waals surface area contributed by atoms with Gasteiger partial charge in [0, 0.05) is 11.6 Å². The Balaban J connectivity index is 1.93. The van der Waals surface area contributed by atoms with Crippen LogP contribution in [0.2, 0.25) is 0 Å². The maximum absolute atomic E-state index is 3.57. The molecule has 0 bridgehead atoms. The fraction of sp³-hybridized carbons (Fsp3) is 1.00. The molecule has 1 N–H and O–H groups in total. The first-order valence-corrected chi connectivity index (χ1v) is 8.52. The summed E-state index contributed by atoms with van der Waals surface area (Å²) in [6.07, 6.45) is 11.1. The normalized spacial score (nSPS) is 16.3. The summed E-state index contributed by atoms with van der Waals surface area (Å²) < 4.78 is 0. The third-order valence-corrected chi connectivity index (χ3v) is 3.89. The van der Waals surface area contributed by atoms with E-state index in [-0.39, 0.29) is 5.54 Å². The Morgan fingerprint density at radius 1 is 0.947 bits per heavy atom. The van der Waals surface area contributed by atoms with Crippen molar-refractivity contribution in [2.45, 2.75) is 90.6 Å². The van der Waals surface area contributed by atoms with Gasteiger partial charge in [0.25, 0.3) is 0 Å². The highest BCUT2D eigenvalue weighted by Crippen LogP contribution is 2.27. The second-order valence-electron chi connectivity index (χ2n) is 7.21. The van der Waals surface area contributed by atoms with Gasteiger partial charge in [-0.25, -0.2) is 0 Å². The fourth-order valence-electron chi connectivity index (χ4n) is 2.53. The number of hydrogen-bond donors (Lipinski definition) is 1. The first-order chi connectivity index (χ1) is 9.03. The average molecular weight is 268 g/mol. The van der Waals surface area contributed by atoms with Crippen molar-refractivity contribution in [3.05, 3.63) is 0 Å². The Morgan fingerprint density at radius 2 is 1.58 bits per heavy atom. The van der Waals surface area contributed by atoms with Gasteiger partial charge < -0.3 is 10.2 Å². The van der Waals surface area contributed by atoms with Gasteiger partial charge >= 0.3 is 0 Å². The van der Waals surface area contributed by atoms with Gasteiger partial charge in [-0.05, 0) is 72.5 Å². The molecule has 0 unspecified atom stereocenters. The predicted octanol–water partition coefficient (Wildman–Crippen LogP) is 4.20. The van der Waals surface area contributed by atoms with Crippen molar-refractivity contribution < 1.29 is 0 Å². The van der Waals surface area contributed by atoms with Crippen molar-refractivity contribution >= 4 is 0 Å². The van der Waals surface area contributed by atoms with Crippen molar-refractivity contribution in [2.24, 2.45) is 0 Å². The molecule has 0 saturated heterocycles. The highest BCUT2D eigenvalue weighted by molar-refractivity contribution is 4.84. The van der Waals surface area contributed by atoms with E-state index in [2.05, 4.69) is 37.9 Å². The molecule has 1 fully saturated rings. The molecule has 114 valence electrons. The van der Waals surface area contributed by atoms with Gasteiger partial charge in [-0.1, -0.05) is 26.2 Å². The van der Waals surface area contributed by atoms with Crippen LogP contribution in [0.1, 0.15) is 79.1 Å². The molecule has 0 aromatic heterocycles. The molecule has 0 heterocycles. The van der Waals surface area contributed by atoms with Gasteiger partial charge in [-0.2, -0.15) is 0 Å². The summed E-state index contributed by atoms with van der Waals surface area (Å²) in [6, 6.07) is 0.953. The largest absolute Gasteiger partial charge is 0.312 e. The van der Waals surface area contributed by atoms with E-state index in [0.29, 0.717) is 0 Å². The Hall–Kier alpha value is -0.0800. The van der Waals surface area contributed by atoms with Crippen molar-refractivity contribution in [2.75, 3.05) is 19.6 Å². The van der Waals surface area contributed by atoms with Crippen LogP contribution in [0.25, 0.3) is 0 Å². The second kappa shape index (κ2) is 8.97. The minimum Gasteiger partial charge on any atom is -0.312 e. The SMILES string of the molecule is CCCCN(CCCCCCNC(C)(C)C)C1CC1. The molecule has 1 rings (SSSR count). The van der Waals surface area contributed by atoms with E-state index in [9.17, 15) is 0 Å². The van der Waals surface area contributed by atoms with E-state index in [1.807, 2.05) is 0 Å². The fourth-order valence-corrected chi connectivity index (χ4v) is 2.53. The van der Waals surface area contributed by atoms with Crippen molar-refractivity contribution in [1.82, 2.24) is 10.2 Å². The molecule has 19 heavy (non-hydrogen) atoms. The van der Waals surface area contributed by atoms with E-state index in [1.54, 1.807) is 0 Å². The van der Waals surface area contributed by atoms with Crippen LogP contribution in [-0.2, 0) is 0 Å². The first-order valence-electron chi connectivity index (χ1n) is 8.52. The lowest BCUT2D eigenvalue weighted by Gasteiger charge is -2.22. The summed E-state index contributed by atoms with van der Waals surface area (Å²) >= 11 is 0. The standard InChI is InChI=1S/C17H36N2/c1-5-6-14-19(16-11-12-16)15-10-8-7-9-13-18-17(2,3)4/h16,18H,5-15H2,1-4H3. The van der Waals surface area contributed by atoms with Crippen LogP contribution >= 0.6 is 0 Å². The summed E-state index contributed by atoms with van der Waals surface area (Å²) in [7, 11) is 0. The average Bonchev–Trinajstić information content (AvgIpc) is 3.14. The maximum Gasteiger partial charge on any atom is 0.00965 e. The molecule has 0 aromatic carbocycles. The third-order valence-electron chi connectivity index (χ3n) is 3.89. The van der Waals surface area contributed by atoms with Gasteiger partial charge in [0.1, 0.15) is 0 Å². The van der Waals surface area contributed by atoms with Gasteiger partial charge in [-0.15, -0.1) is 0 Å². The summed E-state index contributed by atoms with van der Waals surface area (Å²) in [5.74, 6) is 0. The monoisotopic (exact) mass is 268 g/mol. The predicted molar refractivity (Wildman–Crippen MR) is 85.7 cm³/mol. The highest BCUT2D eigenvalue weighted by atomic mass is 15.2. The van der Waals surface area contributed by atoms with E-state index >= 15 is 0 Å². The molecule has 0 atom stereocenters. The zero-order valence-electron chi connectivity index (χ0n) is 13.8. The zero-order chi connectivity index (χ0) is 14.1. The van der Waals surface area contributed by atoms with Crippen LogP contribution in [0.15, 0.2) is 0 Å². The summed E-state index contributed by atoms with van der Waals surface area (Å²) in [6.45, 7) is 12.9. The van der Waals surface area contributed by atoms with Crippen LogP contribution in [0.5, 0.6) is 0 Å². The number of nitrogens with zero attached hydrogens (tertiary/aromatic N) is 1. The Kier molecular flexibility index (Phi) is 8.01. The second-order valence-corrected chi connectivity index (χ2v) is 7.21. The molecule has 0 spiro atoms. The van der Waals surface area contributed by atoms with Crippen molar-refractivity contribution in [3.63, 3.8) is 0 Å². The minimum absolute atomic E-state index is 0.281. The van der Waals surface area contributed by atoms with E-state index in [1.165, 1.54) is 71.0 Å². The molecule has 1 saturated carbocycles. The molecule has 0 aromatic rings. The van der Waals surface area contributed by atoms with Crippen molar-refractivity contribution in [3.8, 4) is 0 Å². The quantitative estimate of drug-likeness (QED) is 0.565. The zero-order valence-corrected chi connectivity index (χ0v) is 13.8. The molecule has 0 aliphatic heterocycles. The van der Waals surface area contributed by atoms with Crippen LogP contribution in [-0.4, -0.2) is 36.1 Å². The maximum atomic E-state index is 3.57. The molecular weight excluding hydrogens is 232 g/mol. The summed E-state index contributed by atoms with van der Waals surface area (Å²) in [4.78, 5) is 2.75. The summed E-state index contributed by atoms with van der Waals surface area (Å²) in [5, 5.41) is 3.57. The first kappa shape index (κ1) is 17.0. The van der Waals surface area contributed by atoms with Gasteiger partial charge in [0.05, 0.1) is 0 Å². The van der Waals surface area contributed by atoms with Crippen LogP contribution in [0, 0.1) is 0 Å². The van der Waals surface area contributed by atoms with Crippen LogP contribution in [0.4, 0.5) is 0 Å². The smallest absolute Gasteiger partial charge is 0.00965 e. The molecule has 1 aliphatic carbocycles. The number of hydrogen-bond acceptors (Lipinski definition) is 2. The Morgan fingerprint density at radius 3 is 2.16 bits per heavy atom. The van der Waals surface area contributed by atoms with Gasteiger partial charge in [-0.3, -0.25) is 0 Å². The highest BCUT2D eigenvalue weighted by Gasteiger charge is 2.27. The molecule has 1 aliphatic rings. The molecule has 0 amide bonds. The topological polar surface area (TPSA) is 15.3 Å². The minimum atomic E-state index is 0.281. The lowest BCUT2D eigenvalue weighted by Crippen LogP contribution is -2.36. The Bertz CT molecular complexity index is 216. The van der Waals surface area contributed by atoms with Crippen LogP contribution in [0.3, 0.4) is 0 Å². The number of unbranched alkanes of at least 4 members (excludes halogenated alkanes) is 4. The molecular formula is C17H36N2. The van der Waals surface area contributed by atoms with Gasteiger partial charge in [0.15, 0.2) is 0 Å². The van der Waals surface area contributed by atoms with E-state index in [4.69, 9.17) is 0 Å². The third kappa shape index (κ3) is 9.45.